The normalized spacial score (nSPS) is 15.2. The molecule has 0 aliphatic carbocycles. The number of hydrogen-bond acceptors (Lipinski definition) is 6. The van der Waals surface area contributed by atoms with E-state index in [4.69, 9.17) is 54.1 Å². The Balaban J connectivity index is 1.46. The molecule has 5 aromatic rings. The number of H-pyrrole nitrogens is 2. The van der Waals surface area contributed by atoms with Crippen molar-refractivity contribution >= 4 is 69.6 Å². The number of halogens is 2. The van der Waals surface area contributed by atoms with Crippen LogP contribution in [-0.4, -0.2) is 31.4 Å². The van der Waals surface area contributed by atoms with Crippen LogP contribution in [0, 0.1) is 10.8 Å². The zero-order chi connectivity index (χ0) is 38.8. The molecule has 2 aromatic carbocycles. The highest BCUT2D eigenvalue weighted by molar-refractivity contribution is 6.47. The third-order valence-electron chi connectivity index (χ3n) is 10.5. The molecule has 2 aliphatic rings. The van der Waals surface area contributed by atoms with Gasteiger partial charge in [0.1, 0.15) is 11.5 Å². The fraction of sp³-hybridized carbons (Fsp3) is 0.273. The molecule has 54 heavy (non-hydrogen) atoms. The summed E-state index contributed by atoms with van der Waals surface area (Å²) in [6.07, 6.45) is 7.91. The van der Waals surface area contributed by atoms with Gasteiger partial charge in [0.15, 0.2) is 11.4 Å². The van der Waals surface area contributed by atoms with Crippen LogP contribution in [-0.2, 0) is 0 Å². The van der Waals surface area contributed by atoms with E-state index in [0.717, 1.165) is 44.7 Å². The molecule has 5 heterocycles. The number of nitrogens with one attached hydrogen (secondary N) is 2. The van der Waals surface area contributed by atoms with Crippen molar-refractivity contribution in [3.05, 3.63) is 106 Å². The number of hydrogen-bond donors (Lipinski definition) is 4. The first-order chi connectivity index (χ1) is 25.3. The lowest BCUT2D eigenvalue weighted by Crippen LogP contribution is -2.53. The smallest absolute Gasteiger partial charge is 0.160 e. The number of fused-ring (bicyclic) bond motifs is 8. The number of benzene rings is 2. The summed E-state index contributed by atoms with van der Waals surface area (Å²) in [5, 5.41) is 0.740. The summed E-state index contributed by atoms with van der Waals surface area (Å²) in [5.74, 6) is 1.28. The summed E-state index contributed by atoms with van der Waals surface area (Å²) in [7, 11) is 0. The van der Waals surface area contributed by atoms with Crippen LogP contribution < -0.4 is 20.9 Å². The molecule has 0 saturated heterocycles. The first kappa shape index (κ1) is 37.5. The fourth-order valence-electron chi connectivity index (χ4n) is 5.98. The van der Waals surface area contributed by atoms with Gasteiger partial charge in [0.05, 0.1) is 43.9 Å². The van der Waals surface area contributed by atoms with E-state index in [-0.39, 0.29) is 10.8 Å². The Morgan fingerprint density at radius 2 is 1.07 bits per heavy atom. The maximum atomic E-state index is 7.07. The van der Waals surface area contributed by atoms with Crippen molar-refractivity contribution in [2.75, 3.05) is 0 Å². The zero-order valence-corrected chi connectivity index (χ0v) is 33.4. The lowest BCUT2D eigenvalue weighted by atomic mass is 9.85. The minimum atomic E-state index is -0.931. The second-order valence-corrected chi connectivity index (χ2v) is 17.1. The van der Waals surface area contributed by atoms with E-state index in [1.54, 1.807) is 0 Å². The van der Waals surface area contributed by atoms with Crippen LogP contribution in [0.5, 0.6) is 11.5 Å². The maximum absolute atomic E-state index is 7.07. The van der Waals surface area contributed by atoms with E-state index in [1.165, 1.54) is 0 Å². The van der Waals surface area contributed by atoms with E-state index in [9.17, 15) is 0 Å². The molecule has 10 heteroatoms. The molecule has 0 spiro atoms. The molecule has 0 radical (unpaired) electrons. The van der Waals surface area contributed by atoms with Crippen molar-refractivity contribution < 1.29 is 9.47 Å². The van der Waals surface area contributed by atoms with Gasteiger partial charge < -0.3 is 19.4 Å². The van der Waals surface area contributed by atoms with Crippen LogP contribution >= 0.6 is 23.2 Å². The maximum Gasteiger partial charge on any atom is 0.160 e. The molecule has 6 N–H and O–H groups in total. The lowest BCUT2D eigenvalue weighted by molar-refractivity contribution is -0.0108. The van der Waals surface area contributed by atoms with E-state index in [2.05, 4.69) is 36.8 Å². The summed E-state index contributed by atoms with van der Waals surface area (Å²) in [5.41, 5.74) is 20.1. The third kappa shape index (κ3) is 7.19. The number of rotatable bonds is 6. The Morgan fingerprint density at radius 1 is 0.556 bits per heavy atom. The summed E-state index contributed by atoms with van der Waals surface area (Å²) in [4.78, 5) is 17.3. The van der Waals surface area contributed by atoms with Gasteiger partial charge in [0, 0.05) is 33.0 Å². The molecule has 0 amide bonds. The summed E-state index contributed by atoms with van der Waals surface area (Å²) >= 11 is 14.1. The minimum absolute atomic E-state index is 0.299. The average Bonchev–Trinajstić information content (AvgIpc) is 3.88. The summed E-state index contributed by atoms with van der Waals surface area (Å²) < 4.78 is 12.7. The molecule has 0 fully saturated rings. The first-order valence-corrected chi connectivity index (χ1v) is 18.7. The van der Waals surface area contributed by atoms with Gasteiger partial charge in [0.25, 0.3) is 0 Å². The van der Waals surface area contributed by atoms with Gasteiger partial charge in [0.2, 0.25) is 0 Å². The van der Waals surface area contributed by atoms with E-state index in [0.29, 0.717) is 44.0 Å². The predicted octanol–water partition coefficient (Wildman–Crippen LogP) is 11.5. The van der Waals surface area contributed by atoms with Crippen molar-refractivity contribution in [3.63, 3.8) is 0 Å². The fourth-order valence-corrected chi connectivity index (χ4v) is 6.42. The van der Waals surface area contributed by atoms with Crippen molar-refractivity contribution in [1.29, 1.82) is 0 Å². The highest BCUT2D eigenvalue weighted by Crippen LogP contribution is 2.41. The van der Waals surface area contributed by atoms with E-state index < -0.39 is 11.4 Å². The number of nitrogens with zero attached hydrogens (tertiary/aromatic N) is 2. The van der Waals surface area contributed by atoms with Gasteiger partial charge in [-0.15, -0.1) is 0 Å². The van der Waals surface area contributed by atoms with Gasteiger partial charge in [-0.3, -0.25) is 11.5 Å². The van der Waals surface area contributed by atoms with Gasteiger partial charge >= 0.3 is 0 Å². The average molecular weight is 762 g/mol. The predicted molar refractivity (Wildman–Crippen MR) is 225 cm³/mol. The molecule has 0 saturated carbocycles. The Labute approximate surface area is 326 Å². The number of nitrogens with two attached hydrogens (primary N) is 2. The molecular formula is C44H46Cl2N6O2. The third-order valence-corrected chi connectivity index (χ3v) is 11.3. The van der Waals surface area contributed by atoms with Gasteiger partial charge in [-0.05, 0) is 97.8 Å². The highest BCUT2D eigenvalue weighted by atomic mass is 35.5. The van der Waals surface area contributed by atoms with E-state index in [1.807, 2.05) is 126 Å². The SMILES string of the molecule is CC(C)(C)C(C)(N)Oc1cccc(-c2c3nc(cc4[nH]c(c(Cl)c4Cl)c(-c4cccc(OC(C)(N)C(C)(C)C)c4)c4nc(cc5ccc2[nH]5)C=C4)C=C3)c1. The standard InChI is InChI=1S/C44H46Cl2N6O2/c1-41(2,3)43(7,47)53-30-13-9-11-25(21-30)36-32-18-15-27(49-32)23-28-16-20-34(50-28)37(26-12-10-14-31(22-26)54-44(8,48)42(4,5)6)40-39(46)38(45)35(52-40)24-29-17-19-33(36)51-29/h9-24,49,52H,47-48H2,1-8H3. The lowest BCUT2D eigenvalue weighted by Gasteiger charge is -2.38. The quantitative estimate of drug-likeness (QED) is 0.125. The minimum Gasteiger partial charge on any atom is -0.473 e. The summed E-state index contributed by atoms with van der Waals surface area (Å²) in [6.45, 7) is 16.1. The van der Waals surface area contributed by atoms with Crippen molar-refractivity contribution in [1.82, 2.24) is 19.9 Å². The Hall–Kier alpha value is -4.86. The monoisotopic (exact) mass is 760 g/mol. The summed E-state index contributed by atoms with van der Waals surface area (Å²) in [6, 6.07) is 23.7. The van der Waals surface area contributed by atoms with Crippen LogP contribution in [0.2, 0.25) is 10.0 Å². The van der Waals surface area contributed by atoms with Crippen LogP contribution in [0.25, 0.3) is 68.6 Å². The number of aromatic nitrogens is 4. The topological polar surface area (TPSA) is 128 Å². The Bertz CT molecular complexity index is 2510. The second kappa shape index (κ2) is 13.5. The van der Waals surface area contributed by atoms with Crippen molar-refractivity contribution in [2.45, 2.75) is 66.8 Å². The van der Waals surface area contributed by atoms with Gasteiger partial charge in [-0.2, -0.15) is 0 Å². The number of ether oxygens (including phenoxy) is 2. The van der Waals surface area contributed by atoms with Crippen LogP contribution in [0.1, 0.15) is 78.2 Å². The van der Waals surface area contributed by atoms with E-state index >= 15 is 0 Å². The molecule has 2 aliphatic heterocycles. The largest absolute Gasteiger partial charge is 0.473 e. The molecule has 8 nitrogen and oxygen atoms in total. The Kier molecular flexibility index (Phi) is 9.34. The molecule has 2 atom stereocenters. The van der Waals surface area contributed by atoms with Crippen LogP contribution in [0.3, 0.4) is 0 Å². The highest BCUT2D eigenvalue weighted by Gasteiger charge is 2.37. The first-order valence-electron chi connectivity index (χ1n) is 17.9. The number of aromatic amines is 2. The molecule has 3 aromatic heterocycles. The molecule has 278 valence electrons. The van der Waals surface area contributed by atoms with Crippen LogP contribution in [0.15, 0.2) is 72.8 Å². The Morgan fingerprint density at radius 3 is 1.63 bits per heavy atom. The van der Waals surface area contributed by atoms with Gasteiger partial charge in [-0.25, -0.2) is 9.97 Å². The van der Waals surface area contributed by atoms with Gasteiger partial charge in [-0.1, -0.05) is 89.0 Å². The van der Waals surface area contributed by atoms with Crippen molar-refractivity contribution in [2.24, 2.45) is 22.3 Å². The molecular weight excluding hydrogens is 715 g/mol. The second-order valence-electron chi connectivity index (χ2n) is 16.4. The van der Waals surface area contributed by atoms with Crippen LogP contribution in [0.4, 0.5) is 0 Å². The zero-order valence-electron chi connectivity index (χ0n) is 31.9. The molecule has 7 rings (SSSR count). The molecule has 2 unspecified atom stereocenters. The van der Waals surface area contributed by atoms with Crippen molar-refractivity contribution in [3.8, 4) is 33.8 Å². The molecule has 8 bridgehead atoms.